The van der Waals surface area contributed by atoms with Crippen LogP contribution < -0.4 is 0 Å². The number of aryl methyl sites for hydroxylation is 1. The second-order valence-corrected chi connectivity index (χ2v) is 13.8. The highest BCUT2D eigenvalue weighted by atomic mass is 32.3. The summed E-state index contributed by atoms with van der Waals surface area (Å²) in [6, 6.07) is 24.7. The Morgan fingerprint density at radius 2 is 1.58 bits per heavy atom. The summed E-state index contributed by atoms with van der Waals surface area (Å²) in [5, 5.41) is -0.704. The molecule has 0 aliphatic carbocycles. The fourth-order valence-corrected chi connectivity index (χ4v) is 7.52. The topological polar surface area (TPSA) is 123 Å². The summed E-state index contributed by atoms with van der Waals surface area (Å²) in [6.07, 6.45) is -0.797. The first kappa shape index (κ1) is 30.5. The minimum Gasteiger partial charge on any atom is -0.448 e. The highest BCUT2D eigenvalue weighted by molar-refractivity contribution is 8.08. The van der Waals surface area contributed by atoms with Crippen LogP contribution in [0, 0.1) is 6.92 Å². The second kappa shape index (κ2) is 12.8. The average Bonchev–Trinajstić information content (AvgIpc) is 3.00. The second-order valence-electron chi connectivity index (χ2n) is 9.60. The predicted molar refractivity (Wildman–Crippen MR) is 164 cm³/mol. The smallest absolute Gasteiger partial charge is 0.359 e. The van der Waals surface area contributed by atoms with Gasteiger partial charge in [-0.15, -0.1) is 15.5 Å². The lowest BCUT2D eigenvalue weighted by atomic mass is 10.0. The van der Waals surface area contributed by atoms with E-state index >= 15 is 0 Å². The summed E-state index contributed by atoms with van der Waals surface area (Å²) in [4.78, 5) is 40.3. The molecular weight excluding hydrogens is 611 g/mol. The minimum absolute atomic E-state index is 0.00209. The lowest BCUT2D eigenvalue weighted by Crippen LogP contribution is -2.62. The number of β-lactam (4-membered cyclic amide) rings is 1. The number of thioether (sulfide) groups is 1. The van der Waals surface area contributed by atoms with Gasteiger partial charge in [0.25, 0.3) is 15.9 Å². The molecular formula is C30H27N3O7S3. The minimum atomic E-state index is -3.88. The van der Waals surface area contributed by atoms with E-state index in [-0.39, 0.29) is 27.8 Å². The van der Waals surface area contributed by atoms with Gasteiger partial charge >= 0.3 is 11.9 Å². The molecule has 5 rings (SSSR count). The molecule has 0 unspecified atom stereocenters. The van der Waals surface area contributed by atoms with E-state index in [0.29, 0.717) is 23.3 Å². The van der Waals surface area contributed by atoms with Gasteiger partial charge in [-0.3, -0.25) is 14.5 Å². The van der Waals surface area contributed by atoms with E-state index < -0.39 is 39.3 Å². The molecule has 0 radical (unpaired) electrons. The standard InChI is InChI=1S/C30H27N3O7S3/c1-19-14-16-23(17-15-19)43(37,38)32(3)42-31-25-28(35)33-26(24(39-20(2)34)18-41-29(25)33)30(36)40-27(21-10-6-4-7-11-21)22-12-8-5-9-13-22/h4-17,27,29H,18H2,1-3H3/b31-25+/t29-/m1/s1. The number of nitrogens with zero attached hydrogens (tertiary/aromatic N) is 3. The first-order chi connectivity index (χ1) is 20.6. The monoisotopic (exact) mass is 637 g/mol. The van der Waals surface area contributed by atoms with Crippen LogP contribution in [-0.2, 0) is 33.9 Å². The number of fused-ring (bicyclic) bond motifs is 1. The van der Waals surface area contributed by atoms with Gasteiger partial charge < -0.3 is 9.47 Å². The molecule has 0 N–H and O–H groups in total. The van der Waals surface area contributed by atoms with Crippen LogP contribution in [0.4, 0.5) is 0 Å². The van der Waals surface area contributed by atoms with Crippen LogP contribution >= 0.6 is 23.9 Å². The predicted octanol–water partition coefficient (Wildman–Crippen LogP) is 4.64. The fraction of sp³-hybridized carbons (Fsp3) is 0.200. The zero-order chi connectivity index (χ0) is 30.7. The highest BCUT2D eigenvalue weighted by Gasteiger charge is 2.53. The summed E-state index contributed by atoms with van der Waals surface area (Å²) in [5.41, 5.74) is 2.22. The molecule has 3 aromatic rings. The highest BCUT2D eigenvalue weighted by Crippen LogP contribution is 2.41. The molecule has 222 valence electrons. The number of benzene rings is 3. The zero-order valence-electron chi connectivity index (χ0n) is 23.4. The summed E-state index contributed by atoms with van der Waals surface area (Å²) in [6.45, 7) is 3.06. The lowest BCUT2D eigenvalue weighted by molar-refractivity contribution is -0.148. The number of carbonyl (C=O) groups excluding carboxylic acids is 3. The molecule has 13 heteroatoms. The number of esters is 2. The molecule has 0 bridgehead atoms. The Kier molecular flexibility index (Phi) is 9.06. The Hall–Kier alpha value is -3.91. The summed E-state index contributed by atoms with van der Waals surface area (Å²) < 4.78 is 42.5. The van der Waals surface area contributed by atoms with Gasteiger partial charge in [-0.2, -0.15) is 4.40 Å². The molecule has 0 aromatic heterocycles. The van der Waals surface area contributed by atoms with Crippen molar-refractivity contribution in [2.75, 3.05) is 12.8 Å². The summed E-state index contributed by atoms with van der Waals surface area (Å²) in [5.74, 6) is -2.04. The molecule has 43 heavy (non-hydrogen) atoms. The van der Waals surface area contributed by atoms with Gasteiger partial charge in [0.2, 0.25) is 0 Å². The van der Waals surface area contributed by atoms with Crippen molar-refractivity contribution >= 4 is 57.5 Å². The van der Waals surface area contributed by atoms with E-state index in [1.807, 2.05) is 67.6 Å². The maximum atomic E-state index is 13.8. The molecule has 1 fully saturated rings. The van der Waals surface area contributed by atoms with Crippen molar-refractivity contribution in [2.45, 2.75) is 30.2 Å². The van der Waals surface area contributed by atoms with Gasteiger partial charge in [0.15, 0.2) is 11.8 Å². The van der Waals surface area contributed by atoms with Crippen molar-refractivity contribution in [1.82, 2.24) is 8.61 Å². The van der Waals surface area contributed by atoms with Crippen LogP contribution in [0.2, 0.25) is 0 Å². The van der Waals surface area contributed by atoms with Crippen LogP contribution in [0.15, 0.2) is 106 Å². The third-order valence-corrected chi connectivity index (χ3v) is 10.6. The number of ether oxygens (including phenoxy) is 2. The largest absolute Gasteiger partial charge is 0.448 e. The van der Waals surface area contributed by atoms with Gasteiger partial charge in [0, 0.05) is 14.0 Å². The number of carbonyl (C=O) groups is 3. The van der Waals surface area contributed by atoms with E-state index in [2.05, 4.69) is 4.40 Å². The van der Waals surface area contributed by atoms with Crippen molar-refractivity contribution in [3.05, 3.63) is 113 Å². The van der Waals surface area contributed by atoms with Crippen LogP contribution in [0.1, 0.15) is 29.7 Å². The van der Waals surface area contributed by atoms with Crippen molar-refractivity contribution in [1.29, 1.82) is 0 Å². The Labute approximate surface area is 258 Å². The van der Waals surface area contributed by atoms with Gasteiger partial charge in [0.05, 0.1) is 22.8 Å². The molecule has 2 heterocycles. The van der Waals surface area contributed by atoms with Crippen molar-refractivity contribution < 1.29 is 32.3 Å². The zero-order valence-corrected chi connectivity index (χ0v) is 25.8. The molecule has 10 nitrogen and oxygen atoms in total. The number of hydrogen-bond donors (Lipinski definition) is 0. The maximum Gasteiger partial charge on any atom is 0.359 e. The molecule has 0 spiro atoms. The number of rotatable bonds is 9. The first-order valence-corrected chi connectivity index (χ1v) is 16.3. The van der Waals surface area contributed by atoms with Crippen LogP contribution in [0.5, 0.6) is 0 Å². The lowest BCUT2D eigenvalue weighted by Gasteiger charge is -2.44. The van der Waals surface area contributed by atoms with E-state index in [1.54, 1.807) is 12.1 Å². The molecule has 1 atom stereocenters. The Balaban J connectivity index is 1.40. The van der Waals surface area contributed by atoms with E-state index in [1.165, 1.54) is 42.8 Å². The van der Waals surface area contributed by atoms with Crippen molar-refractivity contribution in [3.63, 3.8) is 0 Å². The van der Waals surface area contributed by atoms with Crippen LogP contribution in [0.25, 0.3) is 0 Å². The third kappa shape index (κ3) is 6.39. The molecule has 1 amide bonds. The van der Waals surface area contributed by atoms with Gasteiger partial charge in [-0.05, 0) is 30.2 Å². The van der Waals surface area contributed by atoms with Crippen molar-refractivity contribution in [3.8, 4) is 0 Å². The van der Waals surface area contributed by atoms with Crippen molar-refractivity contribution in [2.24, 2.45) is 4.40 Å². The average molecular weight is 638 g/mol. The first-order valence-electron chi connectivity index (χ1n) is 13.1. The van der Waals surface area contributed by atoms with Crippen LogP contribution in [0.3, 0.4) is 0 Å². The van der Waals surface area contributed by atoms with E-state index in [4.69, 9.17) is 9.47 Å². The van der Waals surface area contributed by atoms with Gasteiger partial charge in [0.1, 0.15) is 16.8 Å². The number of hydrogen-bond acceptors (Lipinski definition) is 10. The molecule has 2 aliphatic rings. The molecule has 3 aromatic carbocycles. The summed E-state index contributed by atoms with van der Waals surface area (Å²) >= 11 is 1.82. The Morgan fingerprint density at radius 1 is 1.00 bits per heavy atom. The van der Waals surface area contributed by atoms with E-state index in [0.717, 1.165) is 9.27 Å². The molecule has 0 saturated carbocycles. The Morgan fingerprint density at radius 3 is 2.14 bits per heavy atom. The number of amides is 1. The fourth-order valence-electron chi connectivity index (χ4n) is 4.42. The molecule has 2 aliphatic heterocycles. The van der Waals surface area contributed by atoms with E-state index in [9.17, 15) is 22.8 Å². The van der Waals surface area contributed by atoms with Gasteiger partial charge in [-0.1, -0.05) is 78.4 Å². The third-order valence-electron chi connectivity index (χ3n) is 6.58. The number of sulfonamides is 1. The van der Waals surface area contributed by atoms with Gasteiger partial charge in [-0.25, -0.2) is 13.2 Å². The maximum absolute atomic E-state index is 13.8. The summed E-state index contributed by atoms with van der Waals surface area (Å²) in [7, 11) is -2.54. The normalized spacial score (nSPS) is 17.6. The molecule has 1 saturated heterocycles. The Bertz CT molecular complexity index is 1670. The quantitative estimate of drug-likeness (QED) is 0.188. The van der Waals surface area contributed by atoms with Crippen LogP contribution in [-0.4, -0.2) is 58.8 Å². The SMILES string of the molecule is CC(=O)OC1=C(C(=O)OC(c2ccccc2)c2ccccc2)N2C(=O)/C(=N\SN(C)S(=O)(=O)c3ccc(C)cc3)[C@H]2SC1.